The van der Waals surface area contributed by atoms with Crippen molar-refractivity contribution in [3.8, 4) is 0 Å². The second-order valence-corrected chi connectivity index (χ2v) is 17.2. The number of aromatic nitrogens is 4. The first-order chi connectivity index (χ1) is 18.5. The number of nitrogens with zero attached hydrogens (tertiary/aromatic N) is 4. The van der Waals surface area contributed by atoms with Gasteiger partial charge in [-0.05, 0) is 59.2 Å². The topological polar surface area (TPSA) is 83.2 Å². The molecule has 208 valence electrons. The Kier molecular flexibility index (Phi) is 9.15. The zero-order valence-electron chi connectivity index (χ0n) is 22.6. The number of ether oxygens (including phenoxy) is 2. The number of benzene rings is 2. The molecule has 2 heterocycles. The van der Waals surface area contributed by atoms with E-state index in [0.717, 1.165) is 17.1 Å². The Morgan fingerprint density at radius 2 is 2.00 bits per heavy atom. The number of rotatable bonds is 11. The Bertz CT molecular complexity index is 1490. The molecule has 0 aliphatic heterocycles. The van der Waals surface area contributed by atoms with E-state index in [2.05, 4.69) is 51.0 Å². The molecule has 0 bridgehead atoms. The van der Waals surface area contributed by atoms with Crippen LogP contribution in [0.4, 0.5) is 10.1 Å². The molecule has 8 nitrogen and oxygen atoms in total. The highest BCUT2D eigenvalue weighted by molar-refractivity contribution is 9.10. The van der Waals surface area contributed by atoms with Crippen LogP contribution in [0.15, 0.2) is 47.3 Å². The van der Waals surface area contributed by atoms with Crippen molar-refractivity contribution in [3.63, 3.8) is 0 Å². The summed E-state index contributed by atoms with van der Waals surface area (Å²) in [7, 11) is 0.524. The number of anilines is 1. The van der Waals surface area contributed by atoms with Crippen LogP contribution < -0.4 is 5.32 Å². The minimum Gasteiger partial charge on any atom is -0.462 e. The van der Waals surface area contributed by atoms with E-state index >= 15 is 4.39 Å². The van der Waals surface area contributed by atoms with Crippen LogP contribution in [0.2, 0.25) is 30.7 Å². The predicted octanol–water partition coefficient (Wildman–Crippen LogP) is 7.02. The molecule has 0 aliphatic rings. The fourth-order valence-corrected chi connectivity index (χ4v) is 5.74. The lowest BCUT2D eigenvalue weighted by Crippen LogP contribution is -2.22. The van der Waals surface area contributed by atoms with E-state index in [1.807, 2.05) is 22.8 Å². The summed E-state index contributed by atoms with van der Waals surface area (Å²) < 4.78 is 30.3. The molecule has 12 heteroatoms. The molecule has 4 aromatic rings. The lowest BCUT2D eigenvalue weighted by molar-refractivity contribution is 0.0523. The van der Waals surface area contributed by atoms with Gasteiger partial charge in [0.05, 0.1) is 35.7 Å². The Morgan fingerprint density at radius 1 is 1.23 bits per heavy atom. The molecule has 1 N–H and O–H groups in total. The maximum atomic E-state index is 15.3. The van der Waals surface area contributed by atoms with E-state index in [0.29, 0.717) is 34.9 Å². The zero-order chi connectivity index (χ0) is 28.3. The molecule has 1 atom stereocenters. The highest BCUT2D eigenvalue weighted by Crippen LogP contribution is 2.35. The normalized spacial score (nSPS) is 12.6. The van der Waals surface area contributed by atoms with Gasteiger partial charge in [-0.25, -0.2) is 14.2 Å². The monoisotopic (exact) mass is 635 g/mol. The van der Waals surface area contributed by atoms with Gasteiger partial charge in [0.25, 0.3) is 0 Å². The molecule has 0 fully saturated rings. The van der Waals surface area contributed by atoms with Crippen molar-refractivity contribution in [1.29, 1.82) is 0 Å². The van der Waals surface area contributed by atoms with Gasteiger partial charge in [0.15, 0.2) is 0 Å². The molecule has 39 heavy (non-hydrogen) atoms. The van der Waals surface area contributed by atoms with Gasteiger partial charge < -0.3 is 19.4 Å². The fraction of sp³-hybridized carbons (Fsp3) is 0.370. The van der Waals surface area contributed by atoms with Crippen molar-refractivity contribution in [2.24, 2.45) is 7.05 Å². The van der Waals surface area contributed by atoms with Crippen LogP contribution in [0.3, 0.4) is 0 Å². The number of fused-ring (bicyclic) bond motifs is 1. The highest BCUT2D eigenvalue weighted by Gasteiger charge is 2.31. The minimum atomic E-state index is -1.17. The van der Waals surface area contributed by atoms with Gasteiger partial charge in [-0.15, -0.1) is 0 Å². The molecule has 2 aromatic heterocycles. The second-order valence-electron chi connectivity index (χ2n) is 10.4. The zero-order valence-corrected chi connectivity index (χ0v) is 25.9. The fourth-order valence-electron chi connectivity index (χ4n) is 4.22. The minimum absolute atomic E-state index is 0.189. The maximum absolute atomic E-state index is 15.3. The smallest absolute Gasteiger partial charge is 0.342 e. The van der Waals surface area contributed by atoms with Crippen LogP contribution in [0.1, 0.15) is 34.6 Å². The summed E-state index contributed by atoms with van der Waals surface area (Å²) in [6.45, 7) is 10.0. The summed E-state index contributed by atoms with van der Waals surface area (Å²) in [5.74, 6) is -1.08. The average molecular weight is 637 g/mol. The first kappa shape index (κ1) is 29.3. The van der Waals surface area contributed by atoms with E-state index in [1.165, 1.54) is 10.7 Å². The first-order valence-electron chi connectivity index (χ1n) is 12.6. The van der Waals surface area contributed by atoms with Crippen LogP contribution in [0, 0.1) is 5.82 Å². The average Bonchev–Trinajstić information content (AvgIpc) is 3.39. The van der Waals surface area contributed by atoms with Gasteiger partial charge in [0.2, 0.25) is 0 Å². The molecule has 0 amide bonds. The predicted molar refractivity (Wildman–Crippen MR) is 158 cm³/mol. The van der Waals surface area contributed by atoms with Crippen LogP contribution in [-0.4, -0.2) is 46.6 Å². The molecule has 0 radical (unpaired) electrons. The third kappa shape index (κ3) is 6.89. The van der Waals surface area contributed by atoms with Crippen LogP contribution >= 0.6 is 27.5 Å². The summed E-state index contributed by atoms with van der Waals surface area (Å²) in [6, 6.07) is 10.4. The summed E-state index contributed by atoms with van der Waals surface area (Å²) in [4.78, 5) is 17.4. The summed E-state index contributed by atoms with van der Waals surface area (Å²) >= 11 is 9.41. The Morgan fingerprint density at radius 3 is 2.69 bits per heavy atom. The highest BCUT2D eigenvalue weighted by atomic mass is 79.9. The van der Waals surface area contributed by atoms with E-state index in [4.69, 9.17) is 21.1 Å². The molecule has 0 spiro atoms. The third-order valence-electron chi connectivity index (χ3n) is 6.23. The van der Waals surface area contributed by atoms with Crippen LogP contribution in [-0.2, 0) is 23.3 Å². The number of esters is 1. The number of halogens is 3. The molecule has 0 saturated carbocycles. The maximum Gasteiger partial charge on any atom is 0.342 e. The van der Waals surface area contributed by atoms with Crippen molar-refractivity contribution in [2.75, 3.05) is 18.5 Å². The summed E-state index contributed by atoms with van der Waals surface area (Å²) in [6.07, 6.45) is 1.75. The molecule has 0 aliphatic carbocycles. The molecule has 2 aromatic carbocycles. The van der Waals surface area contributed by atoms with Gasteiger partial charge in [-0.3, -0.25) is 4.68 Å². The van der Waals surface area contributed by atoms with E-state index in [1.54, 1.807) is 32.4 Å². The van der Waals surface area contributed by atoms with Gasteiger partial charge in [0, 0.05) is 38.0 Å². The largest absolute Gasteiger partial charge is 0.462 e. The lowest BCUT2D eigenvalue weighted by Gasteiger charge is -2.23. The van der Waals surface area contributed by atoms with E-state index < -0.39 is 25.9 Å². The van der Waals surface area contributed by atoms with Crippen LogP contribution in [0.5, 0.6) is 0 Å². The van der Waals surface area contributed by atoms with Crippen molar-refractivity contribution in [1.82, 2.24) is 19.3 Å². The van der Waals surface area contributed by atoms with Crippen molar-refractivity contribution in [2.45, 2.75) is 45.4 Å². The number of nitrogens with one attached hydrogen (secondary N) is 1. The van der Waals surface area contributed by atoms with E-state index in [-0.39, 0.29) is 17.2 Å². The quantitative estimate of drug-likeness (QED) is 0.108. The summed E-state index contributed by atoms with van der Waals surface area (Å²) in [5.41, 5.74) is 3.29. The third-order valence-corrected chi connectivity index (χ3v) is 8.73. The number of imidazole rings is 1. The molecule has 0 saturated heterocycles. The van der Waals surface area contributed by atoms with Gasteiger partial charge in [-0.1, -0.05) is 37.3 Å². The lowest BCUT2D eigenvalue weighted by atomic mass is 9.99. The van der Waals surface area contributed by atoms with Gasteiger partial charge in [-0.2, -0.15) is 5.10 Å². The molecule has 4 rings (SSSR count). The number of carbonyl (C=O) groups is 1. The first-order valence-corrected chi connectivity index (χ1v) is 17.5. The van der Waals surface area contributed by atoms with E-state index in [9.17, 15) is 4.79 Å². The standard InChI is InChI=1S/C27H32BrClFN5O3Si/c1-6-38-27(36)23-25(34(2)33-26(23)28)24(19-9-7-17(29)13-20(19)30)32-18-8-10-22-21(14-18)31-15-35(22)16-37-11-12-39(3,4)5/h7-10,13-15,24,32H,6,11-12,16H2,1-5H3. The van der Waals surface area contributed by atoms with Crippen LogP contribution in [0.25, 0.3) is 11.0 Å². The number of hydrogen-bond acceptors (Lipinski definition) is 6. The SMILES string of the molecule is CCOC(=O)c1c(Br)nn(C)c1C(Nc1ccc2c(c1)ncn2COCC[Si](C)(C)C)c1ccc(Cl)cc1F. The Labute approximate surface area is 241 Å². The van der Waals surface area contributed by atoms with Gasteiger partial charge in [0.1, 0.15) is 22.7 Å². The summed E-state index contributed by atoms with van der Waals surface area (Å²) in [5, 5.41) is 8.02. The van der Waals surface area contributed by atoms with Crippen molar-refractivity contribution < 1.29 is 18.7 Å². The van der Waals surface area contributed by atoms with Crippen molar-refractivity contribution >= 4 is 58.3 Å². The molecular weight excluding hydrogens is 605 g/mol. The Hall–Kier alpha value is -2.73. The Balaban J connectivity index is 1.68. The van der Waals surface area contributed by atoms with Gasteiger partial charge >= 0.3 is 5.97 Å². The number of carbonyl (C=O) groups excluding carboxylic acids is 1. The number of hydrogen-bond donors (Lipinski definition) is 1. The van der Waals surface area contributed by atoms with Crippen molar-refractivity contribution in [3.05, 3.63) is 75.0 Å². The molecular formula is C27H32BrClFN5O3Si. The number of aryl methyl sites for hydroxylation is 1. The second kappa shape index (κ2) is 12.2. The molecule has 1 unspecified atom stereocenters.